The van der Waals surface area contributed by atoms with E-state index in [1.54, 1.807) is 0 Å². The molecule has 1 amide bonds. The summed E-state index contributed by atoms with van der Waals surface area (Å²) < 4.78 is 0. The number of amides is 1. The molecule has 1 heterocycles. The average Bonchev–Trinajstić information content (AvgIpc) is 2.39. The third-order valence-electron chi connectivity index (χ3n) is 2.27. The fourth-order valence-corrected chi connectivity index (χ4v) is 1.58. The molecule has 1 aromatic heterocycles. The van der Waals surface area contributed by atoms with Gasteiger partial charge in [0, 0.05) is 25.5 Å². The molecular formula is C12H11ClN4O. The number of carbonyl (C=O) groups is 1. The first-order chi connectivity index (χ1) is 8.70. The summed E-state index contributed by atoms with van der Waals surface area (Å²) in [6.07, 6.45) is 3.31. The van der Waals surface area contributed by atoms with Gasteiger partial charge in [-0.1, -0.05) is 11.6 Å². The van der Waals surface area contributed by atoms with Crippen molar-refractivity contribution in [1.29, 1.82) is 10.5 Å². The summed E-state index contributed by atoms with van der Waals surface area (Å²) in [5, 5.41) is 17.4. The number of rotatable bonds is 5. The SMILES string of the molecule is N#CCCN(CCC#N)C(=O)c1cnccc1Cl. The first kappa shape index (κ1) is 14.0. The van der Waals surface area contributed by atoms with Crippen LogP contribution in [0.25, 0.3) is 0 Å². The Balaban J connectivity index is 2.85. The molecule has 18 heavy (non-hydrogen) atoms. The molecule has 6 heteroatoms. The topological polar surface area (TPSA) is 80.8 Å². The van der Waals surface area contributed by atoms with Gasteiger partial charge < -0.3 is 4.90 Å². The lowest BCUT2D eigenvalue weighted by atomic mass is 10.2. The van der Waals surface area contributed by atoms with Gasteiger partial charge in [-0.15, -0.1) is 0 Å². The van der Waals surface area contributed by atoms with E-state index in [1.165, 1.54) is 23.4 Å². The van der Waals surface area contributed by atoms with Gasteiger partial charge in [0.15, 0.2) is 0 Å². The fourth-order valence-electron chi connectivity index (χ4n) is 1.39. The van der Waals surface area contributed by atoms with E-state index in [0.29, 0.717) is 5.02 Å². The zero-order valence-electron chi connectivity index (χ0n) is 9.64. The van der Waals surface area contributed by atoms with Crippen molar-refractivity contribution < 1.29 is 4.79 Å². The predicted octanol–water partition coefficient (Wildman–Crippen LogP) is 2.00. The highest BCUT2D eigenvalue weighted by Gasteiger charge is 2.17. The van der Waals surface area contributed by atoms with Crippen LogP contribution in [0.4, 0.5) is 0 Å². The number of aromatic nitrogens is 1. The summed E-state index contributed by atoms with van der Waals surface area (Å²) in [5.41, 5.74) is 0.287. The van der Waals surface area contributed by atoms with Crippen molar-refractivity contribution in [2.24, 2.45) is 0 Å². The molecular weight excluding hydrogens is 252 g/mol. The van der Waals surface area contributed by atoms with Crippen LogP contribution in [0, 0.1) is 22.7 Å². The number of nitrogens with zero attached hydrogens (tertiary/aromatic N) is 4. The Bertz CT molecular complexity index is 486. The molecule has 0 unspecified atom stereocenters. The van der Waals surface area contributed by atoms with Crippen molar-refractivity contribution in [2.45, 2.75) is 12.8 Å². The monoisotopic (exact) mass is 262 g/mol. The van der Waals surface area contributed by atoms with E-state index in [4.69, 9.17) is 22.1 Å². The second kappa shape index (κ2) is 7.26. The number of carbonyl (C=O) groups excluding carboxylic acids is 1. The minimum Gasteiger partial charge on any atom is -0.336 e. The largest absolute Gasteiger partial charge is 0.336 e. The normalized spacial score (nSPS) is 9.28. The number of nitriles is 2. The first-order valence-electron chi connectivity index (χ1n) is 5.33. The Morgan fingerprint density at radius 2 is 1.94 bits per heavy atom. The molecule has 0 N–H and O–H groups in total. The van der Waals surface area contributed by atoms with Gasteiger partial charge in [-0.25, -0.2) is 0 Å². The van der Waals surface area contributed by atoms with Gasteiger partial charge in [-0.3, -0.25) is 9.78 Å². The zero-order valence-corrected chi connectivity index (χ0v) is 10.4. The Morgan fingerprint density at radius 1 is 1.33 bits per heavy atom. The number of hydrogen-bond acceptors (Lipinski definition) is 4. The molecule has 0 fully saturated rings. The van der Waals surface area contributed by atoms with Crippen LogP contribution in [0.1, 0.15) is 23.2 Å². The van der Waals surface area contributed by atoms with Crippen molar-refractivity contribution in [3.8, 4) is 12.1 Å². The van der Waals surface area contributed by atoms with Gasteiger partial charge in [0.1, 0.15) is 0 Å². The zero-order chi connectivity index (χ0) is 13.4. The Hall–Kier alpha value is -2.11. The lowest BCUT2D eigenvalue weighted by Crippen LogP contribution is -2.33. The third kappa shape index (κ3) is 3.73. The molecule has 92 valence electrons. The average molecular weight is 263 g/mol. The maximum atomic E-state index is 12.2. The van der Waals surface area contributed by atoms with E-state index >= 15 is 0 Å². The van der Waals surface area contributed by atoms with Gasteiger partial charge in [-0.2, -0.15) is 10.5 Å². The van der Waals surface area contributed by atoms with Gasteiger partial charge >= 0.3 is 0 Å². The molecule has 0 radical (unpaired) electrons. The molecule has 0 atom stereocenters. The molecule has 0 aliphatic heterocycles. The van der Waals surface area contributed by atoms with Gasteiger partial charge in [0.2, 0.25) is 0 Å². The summed E-state index contributed by atoms with van der Waals surface area (Å²) in [4.78, 5) is 17.4. The predicted molar refractivity (Wildman–Crippen MR) is 65.6 cm³/mol. The van der Waals surface area contributed by atoms with E-state index in [-0.39, 0.29) is 37.4 Å². The van der Waals surface area contributed by atoms with Crippen LogP contribution in [0.15, 0.2) is 18.5 Å². The van der Waals surface area contributed by atoms with Crippen molar-refractivity contribution in [2.75, 3.05) is 13.1 Å². The highest BCUT2D eigenvalue weighted by molar-refractivity contribution is 6.33. The van der Waals surface area contributed by atoms with E-state index in [9.17, 15) is 4.79 Å². The summed E-state index contributed by atoms with van der Waals surface area (Å²) >= 11 is 5.91. The Labute approximate surface area is 110 Å². The lowest BCUT2D eigenvalue weighted by Gasteiger charge is -2.20. The van der Waals surface area contributed by atoms with E-state index in [0.717, 1.165) is 0 Å². The molecule has 0 bridgehead atoms. The van der Waals surface area contributed by atoms with Crippen LogP contribution in [0.3, 0.4) is 0 Å². The summed E-state index contributed by atoms with van der Waals surface area (Å²) in [6, 6.07) is 5.47. The minimum atomic E-state index is -0.307. The van der Waals surface area contributed by atoms with Crippen LogP contribution in [-0.2, 0) is 0 Å². The molecule has 5 nitrogen and oxygen atoms in total. The van der Waals surface area contributed by atoms with Crippen molar-refractivity contribution in [3.63, 3.8) is 0 Å². The standard InChI is InChI=1S/C12H11ClN4O/c13-11-3-6-16-9-10(11)12(18)17(7-1-4-14)8-2-5-15/h3,6,9H,1-2,7-8H2. The summed E-state index contributed by atoms with van der Waals surface area (Å²) in [7, 11) is 0. The molecule has 0 aliphatic rings. The van der Waals surface area contributed by atoms with E-state index < -0.39 is 0 Å². The number of halogens is 1. The number of pyridine rings is 1. The van der Waals surface area contributed by atoms with Crippen LogP contribution < -0.4 is 0 Å². The van der Waals surface area contributed by atoms with Crippen LogP contribution in [0.2, 0.25) is 5.02 Å². The molecule has 0 saturated heterocycles. The Morgan fingerprint density at radius 3 is 2.44 bits per heavy atom. The van der Waals surface area contributed by atoms with E-state index in [1.807, 2.05) is 12.1 Å². The third-order valence-corrected chi connectivity index (χ3v) is 2.60. The minimum absolute atomic E-state index is 0.217. The molecule has 1 rings (SSSR count). The smallest absolute Gasteiger partial charge is 0.257 e. The highest BCUT2D eigenvalue weighted by atomic mass is 35.5. The molecule has 1 aromatic rings. The first-order valence-corrected chi connectivity index (χ1v) is 5.71. The Kier molecular flexibility index (Phi) is 5.63. The van der Waals surface area contributed by atoms with Gasteiger partial charge in [0.05, 0.1) is 35.6 Å². The quantitative estimate of drug-likeness (QED) is 0.813. The second-order valence-corrected chi connectivity index (χ2v) is 3.87. The molecule has 0 aromatic carbocycles. The van der Waals surface area contributed by atoms with Crippen molar-refractivity contribution in [1.82, 2.24) is 9.88 Å². The van der Waals surface area contributed by atoms with Gasteiger partial charge in [-0.05, 0) is 6.07 Å². The second-order valence-electron chi connectivity index (χ2n) is 3.46. The number of hydrogen-bond donors (Lipinski definition) is 0. The molecule has 0 spiro atoms. The lowest BCUT2D eigenvalue weighted by molar-refractivity contribution is 0.0762. The fraction of sp³-hybridized carbons (Fsp3) is 0.333. The van der Waals surface area contributed by atoms with E-state index in [2.05, 4.69) is 4.98 Å². The highest BCUT2D eigenvalue weighted by Crippen LogP contribution is 2.16. The van der Waals surface area contributed by atoms with Crippen molar-refractivity contribution in [3.05, 3.63) is 29.0 Å². The van der Waals surface area contributed by atoms with Crippen LogP contribution >= 0.6 is 11.6 Å². The van der Waals surface area contributed by atoms with Gasteiger partial charge in [0.25, 0.3) is 5.91 Å². The molecule has 0 saturated carbocycles. The maximum absolute atomic E-state index is 12.2. The maximum Gasteiger partial charge on any atom is 0.257 e. The molecule has 0 aliphatic carbocycles. The van der Waals surface area contributed by atoms with Crippen LogP contribution in [-0.4, -0.2) is 28.9 Å². The van der Waals surface area contributed by atoms with Crippen LogP contribution in [0.5, 0.6) is 0 Å². The van der Waals surface area contributed by atoms with Crippen molar-refractivity contribution >= 4 is 17.5 Å². The summed E-state index contributed by atoms with van der Waals surface area (Å²) in [6.45, 7) is 0.560. The summed E-state index contributed by atoms with van der Waals surface area (Å²) in [5.74, 6) is -0.307.